The Morgan fingerprint density at radius 1 is 1.40 bits per heavy atom. The molecule has 1 aromatic carbocycles. The molecule has 0 fully saturated rings. The predicted octanol–water partition coefficient (Wildman–Crippen LogP) is -0.162. The molecule has 1 heterocycles. The number of hydrogen-bond acceptors (Lipinski definition) is 4. The summed E-state index contributed by atoms with van der Waals surface area (Å²) < 4.78 is 24.9. The fourth-order valence-corrected chi connectivity index (χ4v) is 2.74. The van der Waals surface area contributed by atoms with Crippen LogP contribution in [0.4, 0.5) is 0 Å². The number of hydrogen-bond donors (Lipinski definition) is 2. The number of nitrogens with one attached hydrogen (secondary N) is 2. The lowest BCUT2D eigenvalue weighted by atomic mass is 10.1. The van der Waals surface area contributed by atoms with E-state index in [4.69, 9.17) is 0 Å². The average molecular weight is 226 g/mol. The van der Waals surface area contributed by atoms with Gasteiger partial charge in [-0.1, -0.05) is 6.07 Å². The highest BCUT2D eigenvalue weighted by atomic mass is 32.2. The van der Waals surface area contributed by atoms with E-state index in [0.717, 1.165) is 5.56 Å². The second-order valence-corrected chi connectivity index (χ2v) is 4.95. The summed E-state index contributed by atoms with van der Waals surface area (Å²) in [6.45, 7) is 0.566. The van der Waals surface area contributed by atoms with E-state index in [9.17, 15) is 13.2 Å². The molecule has 0 unspecified atom stereocenters. The second-order valence-electron chi connectivity index (χ2n) is 3.30. The number of carbonyl (C=O) groups is 1. The number of sulfonamides is 1. The first-order valence-corrected chi connectivity index (χ1v) is 5.87. The first-order valence-electron chi connectivity index (χ1n) is 4.39. The molecule has 1 aliphatic rings. The van der Waals surface area contributed by atoms with Crippen LogP contribution in [0.15, 0.2) is 23.1 Å². The minimum absolute atomic E-state index is 0.0697. The average Bonchev–Trinajstić information content (AvgIpc) is 2.38. The standard InChI is InChI=1S/C9H10N2O3S/c1-10-5-6-2-3-7-8(4-6)15(13,14)11-9(7)12/h2-4,10H,5H2,1H3,(H,11,12). The number of amides is 1. The molecule has 2 rings (SSSR count). The lowest BCUT2D eigenvalue weighted by molar-refractivity contribution is 0.0985. The predicted molar refractivity (Wildman–Crippen MR) is 53.9 cm³/mol. The van der Waals surface area contributed by atoms with E-state index in [-0.39, 0.29) is 10.5 Å². The summed E-state index contributed by atoms with van der Waals surface area (Å²) in [5, 5.41) is 2.91. The second kappa shape index (κ2) is 3.32. The van der Waals surface area contributed by atoms with Gasteiger partial charge in [0.15, 0.2) is 0 Å². The van der Waals surface area contributed by atoms with E-state index in [1.54, 1.807) is 13.1 Å². The van der Waals surface area contributed by atoms with E-state index >= 15 is 0 Å². The molecular weight excluding hydrogens is 216 g/mol. The van der Waals surface area contributed by atoms with E-state index in [1.165, 1.54) is 12.1 Å². The zero-order valence-electron chi connectivity index (χ0n) is 8.07. The van der Waals surface area contributed by atoms with E-state index in [2.05, 4.69) is 5.32 Å². The Balaban J connectivity index is 2.57. The summed E-state index contributed by atoms with van der Waals surface area (Å²) >= 11 is 0. The van der Waals surface area contributed by atoms with Crippen molar-refractivity contribution in [1.29, 1.82) is 0 Å². The van der Waals surface area contributed by atoms with Crippen LogP contribution in [0.3, 0.4) is 0 Å². The third kappa shape index (κ3) is 1.62. The molecule has 6 heteroatoms. The van der Waals surface area contributed by atoms with Gasteiger partial charge in [-0.25, -0.2) is 13.1 Å². The van der Waals surface area contributed by atoms with Crippen LogP contribution in [0.25, 0.3) is 0 Å². The smallest absolute Gasteiger partial charge is 0.266 e. The van der Waals surface area contributed by atoms with Crippen LogP contribution in [0.2, 0.25) is 0 Å². The quantitative estimate of drug-likeness (QED) is 0.734. The lowest BCUT2D eigenvalue weighted by Crippen LogP contribution is -2.20. The normalized spacial score (nSPS) is 17.3. The number of benzene rings is 1. The van der Waals surface area contributed by atoms with Gasteiger partial charge in [0.2, 0.25) is 0 Å². The summed E-state index contributed by atoms with van der Waals surface area (Å²) in [5.74, 6) is -0.555. The molecule has 80 valence electrons. The van der Waals surface area contributed by atoms with Crippen molar-refractivity contribution in [1.82, 2.24) is 10.0 Å². The third-order valence-corrected chi connectivity index (χ3v) is 3.56. The SMILES string of the molecule is CNCc1ccc2c(c1)S(=O)(=O)NC2=O. The first kappa shape index (κ1) is 10.1. The summed E-state index contributed by atoms with van der Waals surface area (Å²) in [4.78, 5) is 11.3. The minimum Gasteiger partial charge on any atom is -0.316 e. The van der Waals surface area contributed by atoms with Crippen LogP contribution in [0.1, 0.15) is 15.9 Å². The van der Waals surface area contributed by atoms with Crippen LogP contribution >= 0.6 is 0 Å². The molecule has 1 aromatic rings. The van der Waals surface area contributed by atoms with Crippen molar-refractivity contribution in [3.05, 3.63) is 29.3 Å². The first-order chi connectivity index (χ1) is 7.04. The summed E-state index contributed by atoms with van der Waals surface area (Å²) in [6, 6.07) is 4.77. The Morgan fingerprint density at radius 2 is 2.13 bits per heavy atom. The van der Waals surface area contributed by atoms with Gasteiger partial charge in [-0.15, -0.1) is 0 Å². The fourth-order valence-electron chi connectivity index (χ4n) is 1.52. The topological polar surface area (TPSA) is 75.3 Å². The molecule has 0 spiro atoms. The van der Waals surface area contributed by atoms with Crippen LogP contribution in [-0.4, -0.2) is 21.4 Å². The number of rotatable bonds is 2. The van der Waals surface area contributed by atoms with Crippen LogP contribution in [-0.2, 0) is 16.6 Å². The van der Waals surface area contributed by atoms with Crippen molar-refractivity contribution in [2.75, 3.05) is 7.05 Å². The highest BCUT2D eigenvalue weighted by Gasteiger charge is 2.32. The Hall–Kier alpha value is -1.40. The van der Waals surface area contributed by atoms with Gasteiger partial charge in [0, 0.05) is 6.54 Å². The summed E-state index contributed by atoms with van der Waals surface area (Å²) in [5.41, 5.74) is 1.05. The minimum atomic E-state index is -3.62. The number of carbonyl (C=O) groups excluding carboxylic acids is 1. The van der Waals surface area contributed by atoms with Gasteiger partial charge in [0.05, 0.1) is 5.56 Å². The summed E-state index contributed by atoms with van der Waals surface area (Å²) in [6.07, 6.45) is 0. The molecule has 0 saturated heterocycles. The Kier molecular flexibility index (Phi) is 2.24. The molecule has 0 saturated carbocycles. The van der Waals surface area contributed by atoms with Crippen molar-refractivity contribution in [2.24, 2.45) is 0 Å². The van der Waals surface area contributed by atoms with Gasteiger partial charge in [-0.2, -0.15) is 0 Å². The monoisotopic (exact) mass is 226 g/mol. The molecule has 0 radical (unpaired) electrons. The van der Waals surface area contributed by atoms with Gasteiger partial charge in [0.25, 0.3) is 15.9 Å². The Labute approximate surface area is 87.5 Å². The highest BCUT2D eigenvalue weighted by Crippen LogP contribution is 2.23. The maximum absolute atomic E-state index is 11.5. The molecule has 15 heavy (non-hydrogen) atoms. The van der Waals surface area contributed by atoms with Crippen molar-refractivity contribution < 1.29 is 13.2 Å². The maximum Gasteiger partial charge on any atom is 0.266 e. The van der Waals surface area contributed by atoms with Crippen molar-refractivity contribution in [3.63, 3.8) is 0 Å². The zero-order valence-corrected chi connectivity index (χ0v) is 8.89. The van der Waals surface area contributed by atoms with Gasteiger partial charge in [-0.05, 0) is 24.7 Å². The van der Waals surface area contributed by atoms with Crippen molar-refractivity contribution in [2.45, 2.75) is 11.4 Å². The lowest BCUT2D eigenvalue weighted by Gasteiger charge is -2.01. The molecule has 0 bridgehead atoms. The molecule has 2 N–H and O–H groups in total. The zero-order chi connectivity index (χ0) is 11.1. The maximum atomic E-state index is 11.5. The molecule has 0 aliphatic carbocycles. The van der Waals surface area contributed by atoms with E-state index in [0.29, 0.717) is 6.54 Å². The highest BCUT2D eigenvalue weighted by molar-refractivity contribution is 7.90. The van der Waals surface area contributed by atoms with Crippen LogP contribution in [0.5, 0.6) is 0 Å². The fraction of sp³-hybridized carbons (Fsp3) is 0.222. The molecule has 5 nitrogen and oxygen atoms in total. The molecule has 0 atom stereocenters. The summed E-state index contributed by atoms with van der Waals surface area (Å²) in [7, 11) is -1.85. The Morgan fingerprint density at radius 3 is 2.80 bits per heavy atom. The van der Waals surface area contributed by atoms with Gasteiger partial charge >= 0.3 is 0 Å². The van der Waals surface area contributed by atoms with Gasteiger partial charge in [-0.3, -0.25) is 4.79 Å². The van der Waals surface area contributed by atoms with Crippen LogP contribution < -0.4 is 10.0 Å². The van der Waals surface area contributed by atoms with Crippen molar-refractivity contribution >= 4 is 15.9 Å². The van der Waals surface area contributed by atoms with Crippen LogP contribution in [0, 0.1) is 0 Å². The Bertz CT molecular complexity index is 522. The molecular formula is C9H10N2O3S. The van der Waals surface area contributed by atoms with E-state index in [1.807, 2.05) is 4.72 Å². The molecule has 0 aromatic heterocycles. The molecule has 1 amide bonds. The van der Waals surface area contributed by atoms with Crippen molar-refractivity contribution in [3.8, 4) is 0 Å². The molecule has 1 aliphatic heterocycles. The van der Waals surface area contributed by atoms with Gasteiger partial charge in [0.1, 0.15) is 4.90 Å². The van der Waals surface area contributed by atoms with Gasteiger partial charge < -0.3 is 5.32 Å². The van der Waals surface area contributed by atoms with E-state index < -0.39 is 15.9 Å². The third-order valence-electron chi connectivity index (χ3n) is 2.19. The number of fused-ring (bicyclic) bond motifs is 1. The largest absolute Gasteiger partial charge is 0.316 e.